The van der Waals surface area contributed by atoms with Gasteiger partial charge in [-0.3, -0.25) is 10.1 Å². The van der Waals surface area contributed by atoms with E-state index in [9.17, 15) is 19.1 Å². The summed E-state index contributed by atoms with van der Waals surface area (Å²) in [7, 11) is 1.54. The third kappa shape index (κ3) is 5.35. The summed E-state index contributed by atoms with van der Waals surface area (Å²) in [6.07, 6.45) is -0.0681. The van der Waals surface area contributed by atoms with Crippen molar-refractivity contribution in [3.05, 3.63) is 94.1 Å². The number of halogens is 2. The fraction of sp³-hybridized carbons (Fsp3) is 0.200. The number of carboxylic acids is 1. The molecule has 9 heteroatoms. The van der Waals surface area contributed by atoms with Gasteiger partial charge in [0.15, 0.2) is 5.13 Å². The van der Waals surface area contributed by atoms with E-state index in [-0.39, 0.29) is 5.69 Å². The molecule has 3 aromatic carbocycles. The second-order valence-corrected chi connectivity index (χ2v) is 10.8. The van der Waals surface area contributed by atoms with Crippen molar-refractivity contribution in [3.63, 3.8) is 0 Å². The second kappa shape index (κ2) is 10.7. The Morgan fingerprint density at radius 2 is 1.74 bits per heavy atom. The molecule has 39 heavy (non-hydrogen) atoms. The monoisotopic (exact) mass is 565 g/mol. The topological polar surface area (TPSA) is 84.9 Å². The Morgan fingerprint density at radius 3 is 2.38 bits per heavy atom. The predicted octanol–water partition coefficient (Wildman–Crippen LogP) is 8.31. The predicted molar refractivity (Wildman–Crippen MR) is 150 cm³/mol. The zero-order chi connectivity index (χ0) is 27.7. The summed E-state index contributed by atoms with van der Waals surface area (Å²) in [4.78, 5) is 24.8. The normalized spacial score (nSPS) is 14.4. The van der Waals surface area contributed by atoms with E-state index in [1.165, 1.54) is 6.07 Å². The van der Waals surface area contributed by atoms with Crippen LogP contribution < -0.4 is 10.1 Å². The van der Waals surface area contributed by atoms with Crippen molar-refractivity contribution in [1.29, 1.82) is 0 Å². The number of thiophene rings is 1. The van der Waals surface area contributed by atoms with E-state index >= 15 is 0 Å². The molecular weight excluding hydrogens is 541 g/mol. The van der Waals surface area contributed by atoms with Crippen LogP contribution in [0.15, 0.2) is 72.8 Å². The molecule has 0 saturated heterocycles. The SMILES string of the molecule is COc1cc(-c2sc(F)cc2NC(=O)OC(C)c2ccccc2Cl)ccc1-c1ccc(C2(C(=O)O)CC2)cc1. The number of aliphatic carboxylic acids is 1. The van der Waals surface area contributed by atoms with Crippen LogP contribution in [0.5, 0.6) is 5.75 Å². The van der Waals surface area contributed by atoms with Gasteiger partial charge in [0.25, 0.3) is 0 Å². The minimum Gasteiger partial charge on any atom is -0.496 e. The number of carbonyl (C=O) groups is 2. The molecule has 1 saturated carbocycles. The van der Waals surface area contributed by atoms with E-state index in [0.717, 1.165) is 28.0 Å². The molecule has 0 radical (unpaired) electrons. The van der Waals surface area contributed by atoms with Gasteiger partial charge >= 0.3 is 12.1 Å². The molecule has 0 aliphatic heterocycles. The van der Waals surface area contributed by atoms with E-state index in [1.54, 1.807) is 44.4 Å². The first-order valence-electron chi connectivity index (χ1n) is 12.3. The van der Waals surface area contributed by atoms with Gasteiger partial charge in [0.2, 0.25) is 0 Å². The third-order valence-electron chi connectivity index (χ3n) is 6.94. The molecule has 200 valence electrons. The van der Waals surface area contributed by atoms with Crippen LogP contribution in [0.1, 0.15) is 37.0 Å². The average Bonchev–Trinajstić information content (AvgIpc) is 3.66. The minimum absolute atomic E-state index is 0.274. The first-order chi connectivity index (χ1) is 18.7. The van der Waals surface area contributed by atoms with Crippen molar-refractivity contribution in [3.8, 4) is 27.3 Å². The van der Waals surface area contributed by atoms with Gasteiger partial charge in [-0.2, -0.15) is 4.39 Å². The van der Waals surface area contributed by atoms with Gasteiger partial charge in [0.05, 0.1) is 23.1 Å². The zero-order valence-electron chi connectivity index (χ0n) is 21.2. The molecule has 1 amide bonds. The molecular formula is C30H25ClFNO5S. The van der Waals surface area contributed by atoms with Crippen molar-refractivity contribution < 1.29 is 28.6 Å². The van der Waals surface area contributed by atoms with Crippen molar-refractivity contribution in [2.75, 3.05) is 12.4 Å². The number of anilines is 1. The van der Waals surface area contributed by atoms with Crippen LogP contribution in [-0.4, -0.2) is 24.3 Å². The second-order valence-electron chi connectivity index (χ2n) is 9.37. The lowest BCUT2D eigenvalue weighted by Crippen LogP contribution is -2.19. The number of carboxylic acid groups (broad SMARTS) is 1. The highest BCUT2D eigenvalue weighted by Crippen LogP contribution is 2.49. The summed E-state index contributed by atoms with van der Waals surface area (Å²) in [6.45, 7) is 1.71. The lowest BCUT2D eigenvalue weighted by atomic mass is 9.93. The van der Waals surface area contributed by atoms with Crippen LogP contribution in [0.2, 0.25) is 5.02 Å². The Bertz CT molecular complexity index is 1550. The number of nitrogens with one attached hydrogen (secondary N) is 1. The fourth-order valence-electron chi connectivity index (χ4n) is 4.63. The number of methoxy groups -OCH3 is 1. The first-order valence-corrected chi connectivity index (χ1v) is 13.5. The first kappa shape index (κ1) is 26.7. The lowest BCUT2D eigenvalue weighted by molar-refractivity contribution is -0.140. The van der Waals surface area contributed by atoms with Crippen molar-refractivity contribution in [2.24, 2.45) is 0 Å². The number of amides is 1. The molecule has 6 nitrogen and oxygen atoms in total. The van der Waals surface area contributed by atoms with Crippen molar-refractivity contribution in [2.45, 2.75) is 31.3 Å². The number of hydrogen-bond donors (Lipinski definition) is 2. The standard InChI is InChI=1S/C30H25ClFNO5S/c1-17(21-5-3-4-6-23(21)31)38-29(36)33-24-16-26(32)39-27(24)19-9-12-22(25(15-19)37-2)18-7-10-20(11-8-18)30(13-14-30)28(34)35/h3-12,15-17H,13-14H2,1-2H3,(H,33,36)(H,34,35). The van der Waals surface area contributed by atoms with Gasteiger partial charge in [-0.1, -0.05) is 66.2 Å². The van der Waals surface area contributed by atoms with Gasteiger partial charge in [-0.05, 0) is 48.6 Å². The van der Waals surface area contributed by atoms with E-state index in [2.05, 4.69) is 5.32 Å². The number of benzene rings is 3. The molecule has 1 heterocycles. The fourth-order valence-corrected chi connectivity index (χ4v) is 5.75. The molecule has 1 aliphatic carbocycles. The smallest absolute Gasteiger partial charge is 0.412 e. The summed E-state index contributed by atoms with van der Waals surface area (Å²) in [5, 5.41) is 12.2. The number of carbonyl (C=O) groups excluding carboxylic acids is 1. The summed E-state index contributed by atoms with van der Waals surface area (Å²) >= 11 is 7.10. The zero-order valence-corrected chi connectivity index (χ0v) is 22.7. The molecule has 1 aromatic heterocycles. The number of ether oxygens (including phenoxy) is 2. The molecule has 2 N–H and O–H groups in total. The summed E-state index contributed by atoms with van der Waals surface area (Å²) in [5.41, 5.74) is 3.26. The van der Waals surface area contributed by atoms with Crippen LogP contribution in [0.25, 0.3) is 21.6 Å². The van der Waals surface area contributed by atoms with Gasteiger partial charge < -0.3 is 14.6 Å². The van der Waals surface area contributed by atoms with Crippen LogP contribution in [0.4, 0.5) is 14.9 Å². The maximum absolute atomic E-state index is 14.4. The van der Waals surface area contributed by atoms with E-state index in [4.69, 9.17) is 21.1 Å². The largest absolute Gasteiger partial charge is 0.496 e. The maximum atomic E-state index is 14.4. The number of hydrogen-bond acceptors (Lipinski definition) is 5. The van der Waals surface area contributed by atoms with Crippen LogP contribution in [-0.2, 0) is 14.9 Å². The Hall–Kier alpha value is -3.88. The Morgan fingerprint density at radius 1 is 1.05 bits per heavy atom. The van der Waals surface area contributed by atoms with Gasteiger partial charge in [-0.15, -0.1) is 11.3 Å². The molecule has 1 fully saturated rings. The third-order valence-corrected chi connectivity index (χ3v) is 8.25. The molecule has 1 unspecified atom stereocenters. The summed E-state index contributed by atoms with van der Waals surface area (Å²) < 4.78 is 25.5. The molecule has 1 atom stereocenters. The Kier molecular flexibility index (Phi) is 7.34. The van der Waals surface area contributed by atoms with E-state index in [1.807, 2.05) is 36.4 Å². The highest BCUT2D eigenvalue weighted by molar-refractivity contribution is 7.14. The molecule has 0 spiro atoms. The summed E-state index contributed by atoms with van der Waals surface area (Å²) in [5.74, 6) is -0.249. The van der Waals surface area contributed by atoms with E-state index in [0.29, 0.717) is 39.6 Å². The molecule has 4 aromatic rings. The highest BCUT2D eigenvalue weighted by atomic mass is 35.5. The quantitative estimate of drug-likeness (QED) is 0.224. The van der Waals surface area contributed by atoms with Gasteiger partial charge in [0.1, 0.15) is 11.9 Å². The Balaban J connectivity index is 1.37. The lowest BCUT2D eigenvalue weighted by Gasteiger charge is -2.16. The Labute approximate surface area is 234 Å². The van der Waals surface area contributed by atoms with Crippen molar-refractivity contribution in [1.82, 2.24) is 0 Å². The highest BCUT2D eigenvalue weighted by Gasteiger charge is 2.51. The minimum atomic E-state index is -0.799. The molecule has 5 rings (SSSR count). The van der Waals surface area contributed by atoms with E-state index < -0.39 is 28.7 Å². The summed E-state index contributed by atoms with van der Waals surface area (Å²) in [6, 6.07) is 21.2. The van der Waals surface area contributed by atoms with Crippen LogP contribution >= 0.6 is 22.9 Å². The average molecular weight is 566 g/mol. The molecule has 1 aliphatic rings. The van der Waals surface area contributed by atoms with Crippen LogP contribution in [0, 0.1) is 5.13 Å². The number of rotatable bonds is 8. The maximum Gasteiger partial charge on any atom is 0.412 e. The van der Waals surface area contributed by atoms with Gasteiger partial charge in [0, 0.05) is 22.2 Å². The van der Waals surface area contributed by atoms with Crippen LogP contribution in [0.3, 0.4) is 0 Å². The molecule has 0 bridgehead atoms. The van der Waals surface area contributed by atoms with Crippen molar-refractivity contribution >= 4 is 40.7 Å². The van der Waals surface area contributed by atoms with Gasteiger partial charge in [-0.25, -0.2) is 4.79 Å².